The lowest BCUT2D eigenvalue weighted by Crippen LogP contribution is -2.44. The number of rotatable bonds is 4. The Kier molecular flexibility index (Phi) is 4.77. The van der Waals surface area contributed by atoms with Gasteiger partial charge in [-0.2, -0.15) is 0 Å². The zero-order valence-electron chi connectivity index (χ0n) is 11.9. The zero-order valence-corrected chi connectivity index (χ0v) is 11.9. The lowest BCUT2D eigenvalue weighted by molar-refractivity contribution is -0.155. The van der Waals surface area contributed by atoms with Gasteiger partial charge in [0.05, 0.1) is 0 Å². The minimum Gasteiger partial charge on any atom is -0.481 e. The van der Waals surface area contributed by atoms with Gasteiger partial charge in [-0.3, -0.25) is 9.59 Å². The van der Waals surface area contributed by atoms with Crippen LogP contribution in [0.1, 0.15) is 46.5 Å². The quantitative estimate of drug-likeness (QED) is 0.785. The van der Waals surface area contributed by atoms with Crippen LogP contribution in [0.25, 0.3) is 0 Å². The number of carbonyl (C=O) groups excluding carboxylic acids is 1. The summed E-state index contributed by atoms with van der Waals surface area (Å²) < 4.78 is 0. The molecule has 1 aliphatic rings. The molecule has 4 nitrogen and oxygen atoms in total. The first-order valence-electron chi connectivity index (χ1n) is 6.71. The third kappa shape index (κ3) is 3.72. The van der Waals surface area contributed by atoms with Crippen molar-refractivity contribution in [2.24, 2.45) is 17.3 Å². The molecule has 1 unspecified atom stereocenters. The van der Waals surface area contributed by atoms with Crippen molar-refractivity contribution in [2.75, 3.05) is 13.6 Å². The molecule has 1 N–H and O–H groups in total. The van der Waals surface area contributed by atoms with E-state index in [1.165, 1.54) is 12.8 Å². The summed E-state index contributed by atoms with van der Waals surface area (Å²) in [5.74, 6) is -1.69. The highest BCUT2D eigenvalue weighted by molar-refractivity contribution is 5.97. The van der Waals surface area contributed by atoms with Crippen LogP contribution in [0, 0.1) is 17.3 Å². The van der Waals surface area contributed by atoms with Gasteiger partial charge >= 0.3 is 5.97 Å². The summed E-state index contributed by atoms with van der Waals surface area (Å²) in [4.78, 5) is 25.2. The monoisotopic (exact) mass is 255 g/mol. The second-order valence-corrected chi connectivity index (χ2v) is 6.51. The highest BCUT2D eigenvalue weighted by atomic mass is 16.4. The lowest BCUT2D eigenvalue weighted by Gasteiger charge is -2.31. The predicted octanol–water partition coefficient (Wildman–Crippen LogP) is 2.38. The van der Waals surface area contributed by atoms with Crippen LogP contribution >= 0.6 is 0 Å². The van der Waals surface area contributed by atoms with Gasteiger partial charge in [-0.1, -0.05) is 33.6 Å². The Balaban J connectivity index is 2.67. The molecule has 0 aromatic carbocycles. The van der Waals surface area contributed by atoms with Crippen LogP contribution in [0.4, 0.5) is 0 Å². The van der Waals surface area contributed by atoms with E-state index >= 15 is 0 Å². The Morgan fingerprint density at radius 2 is 1.78 bits per heavy atom. The maximum absolute atomic E-state index is 12.3. The van der Waals surface area contributed by atoms with E-state index in [4.69, 9.17) is 0 Å². The Morgan fingerprint density at radius 1 is 1.28 bits per heavy atom. The average Bonchev–Trinajstić information content (AvgIpc) is 2.67. The molecule has 0 radical (unpaired) electrons. The molecule has 104 valence electrons. The van der Waals surface area contributed by atoms with E-state index in [9.17, 15) is 14.7 Å². The van der Waals surface area contributed by atoms with E-state index in [0.717, 1.165) is 12.8 Å². The number of hydrogen-bond acceptors (Lipinski definition) is 2. The van der Waals surface area contributed by atoms with Gasteiger partial charge in [-0.25, -0.2) is 0 Å². The minimum absolute atomic E-state index is 0.262. The van der Waals surface area contributed by atoms with Gasteiger partial charge in [-0.05, 0) is 24.2 Å². The Morgan fingerprint density at radius 3 is 2.17 bits per heavy atom. The van der Waals surface area contributed by atoms with Gasteiger partial charge in [0.25, 0.3) is 0 Å². The van der Waals surface area contributed by atoms with Crippen LogP contribution < -0.4 is 0 Å². The van der Waals surface area contributed by atoms with Gasteiger partial charge in [-0.15, -0.1) is 0 Å². The lowest BCUT2D eigenvalue weighted by atomic mass is 9.80. The van der Waals surface area contributed by atoms with Crippen LogP contribution in [0.3, 0.4) is 0 Å². The van der Waals surface area contributed by atoms with Crippen molar-refractivity contribution in [1.29, 1.82) is 0 Å². The molecule has 1 saturated carbocycles. The Bertz CT molecular complexity index is 313. The molecule has 1 atom stereocenters. The topological polar surface area (TPSA) is 57.6 Å². The maximum Gasteiger partial charge on any atom is 0.316 e. The van der Waals surface area contributed by atoms with Crippen LogP contribution in [-0.4, -0.2) is 35.5 Å². The van der Waals surface area contributed by atoms with E-state index in [1.807, 2.05) is 0 Å². The first-order chi connectivity index (χ1) is 8.23. The summed E-state index contributed by atoms with van der Waals surface area (Å²) in [6, 6.07) is 0. The Labute approximate surface area is 109 Å². The average molecular weight is 255 g/mol. The van der Waals surface area contributed by atoms with Gasteiger partial charge in [0, 0.05) is 13.6 Å². The molecule has 1 amide bonds. The molecule has 0 bridgehead atoms. The third-order valence-electron chi connectivity index (χ3n) is 3.74. The highest BCUT2D eigenvalue weighted by Crippen LogP contribution is 2.30. The van der Waals surface area contributed by atoms with E-state index in [2.05, 4.69) is 0 Å². The molecule has 1 rings (SSSR count). The second kappa shape index (κ2) is 5.72. The Hall–Kier alpha value is -1.06. The molecule has 0 saturated heterocycles. The standard InChI is InChI=1S/C14H25NO3/c1-14(2,3)11(13(17)18)12(16)15(4)9-10-7-5-6-8-10/h10-11H,5-9H2,1-4H3,(H,17,18). The molecule has 1 aliphatic carbocycles. The fraction of sp³-hybridized carbons (Fsp3) is 0.857. The zero-order chi connectivity index (χ0) is 13.9. The summed E-state index contributed by atoms with van der Waals surface area (Å²) in [6.45, 7) is 6.09. The van der Waals surface area contributed by atoms with Crippen molar-refractivity contribution in [3.8, 4) is 0 Å². The number of amides is 1. The van der Waals surface area contributed by atoms with Crippen LogP contribution in [0.5, 0.6) is 0 Å². The summed E-state index contributed by atoms with van der Waals surface area (Å²) in [5, 5.41) is 9.24. The number of carbonyl (C=O) groups is 2. The SMILES string of the molecule is CN(CC1CCCC1)C(=O)C(C(=O)O)C(C)(C)C. The highest BCUT2D eigenvalue weighted by Gasteiger charge is 2.39. The van der Waals surface area contributed by atoms with E-state index < -0.39 is 17.3 Å². The number of nitrogens with zero attached hydrogens (tertiary/aromatic N) is 1. The van der Waals surface area contributed by atoms with Gasteiger partial charge < -0.3 is 10.0 Å². The molecule has 18 heavy (non-hydrogen) atoms. The fourth-order valence-electron chi connectivity index (χ4n) is 2.74. The molecule has 1 fully saturated rings. The van der Waals surface area contributed by atoms with Crippen molar-refractivity contribution in [3.05, 3.63) is 0 Å². The summed E-state index contributed by atoms with van der Waals surface area (Å²) in [7, 11) is 1.72. The first kappa shape index (κ1) is 15.0. The van der Waals surface area contributed by atoms with Crippen molar-refractivity contribution in [2.45, 2.75) is 46.5 Å². The van der Waals surface area contributed by atoms with Crippen LogP contribution in [0.2, 0.25) is 0 Å². The molecule has 0 aromatic rings. The van der Waals surface area contributed by atoms with Crippen LogP contribution in [-0.2, 0) is 9.59 Å². The van der Waals surface area contributed by atoms with E-state index in [1.54, 1.807) is 32.7 Å². The molecule has 4 heteroatoms. The minimum atomic E-state index is -1.02. The fourth-order valence-corrected chi connectivity index (χ4v) is 2.74. The molecule has 0 spiro atoms. The molecule has 0 aliphatic heterocycles. The van der Waals surface area contributed by atoms with Crippen molar-refractivity contribution < 1.29 is 14.7 Å². The van der Waals surface area contributed by atoms with Crippen molar-refractivity contribution in [1.82, 2.24) is 4.90 Å². The maximum atomic E-state index is 12.3. The first-order valence-corrected chi connectivity index (χ1v) is 6.71. The van der Waals surface area contributed by atoms with Crippen molar-refractivity contribution in [3.63, 3.8) is 0 Å². The molecular formula is C14H25NO3. The summed E-state index contributed by atoms with van der Waals surface area (Å²) in [5.41, 5.74) is -0.549. The number of hydrogen-bond donors (Lipinski definition) is 1. The van der Waals surface area contributed by atoms with Crippen molar-refractivity contribution >= 4 is 11.9 Å². The van der Waals surface area contributed by atoms with E-state index in [0.29, 0.717) is 12.5 Å². The molecule has 0 aromatic heterocycles. The number of carboxylic acid groups (broad SMARTS) is 1. The smallest absolute Gasteiger partial charge is 0.316 e. The van der Waals surface area contributed by atoms with Crippen LogP contribution in [0.15, 0.2) is 0 Å². The number of aliphatic carboxylic acids is 1. The summed E-state index contributed by atoms with van der Waals surface area (Å²) >= 11 is 0. The number of carboxylic acids is 1. The van der Waals surface area contributed by atoms with Gasteiger partial charge in [0.15, 0.2) is 0 Å². The van der Waals surface area contributed by atoms with Gasteiger partial charge in [0.1, 0.15) is 5.92 Å². The largest absolute Gasteiger partial charge is 0.481 e. The summed E-state index contributed by atoms with van der Waals surface area (Å²) in [6.07, 6.45) is 4.78. The third-order valence-corrected chi connectivity index (χ3v) is 3.74. The van der Waals surface area contributed by atoms with Gasteiger partial charge in [0.2, 0.25) is 5.91 Å². The predicted molar refractivity (Wildman–Crippen MR) is 70.2 cm³/mol. The van der Waals surface area contributed by atoms with E-state index in [-0.39, 0.29) is 5.91 Å². The normalized spacial score (nSPS) is 18.7. The second-order valence-electron chi connectivity index (χ2n) is 6.51. The molecule has 0 heterocycles. The molecular weight excluding hydrogens is 230 g/mol.